The Kier molecular flexibility index (Phi) is 6.02. The monoisotopic (exact) mass is 335 g/mol. The van der Waals surface area contributed by atoms with Gasteiger partial charge < -0.3 is 4.74 Å². The highest BCUT2D eigenvalue weighted by Gasteiger charge is 2.34. The fraction of sp³-hybridized carbons (Fsp3) is 0.318. The lowest BCUT2D eigenvalue weighted by Crippen LogP contribution is -2.40. The van der Waals surface area contributed by atoms with Crippen molar-refractivity contribution in [3.05, 3.63) is 78.9 Å². The molecule has 0 radical (unpaired) electrons. The molecule has 0 aliphatic carbocycles. The minimum absolute atomic E-state index is 0.164. The molecule has 1 fully saturated rings. The van der Waals surface area contributed by atoms with E-state index in [0.29, 0.717) is 5.75 Å². The van der Waals surface area contributed by atoms with Crippen molar-refractivity contribution in [1.82, 2.24) is 4.90 Å². The van der Waals surface area contributed by atoms with E-state index in [1.54, 1.807) is 0 Å². The van der Waals surface area contributed by atoms with Crippen LogP contribution in [0.25, 0.3) is 0 Å². The average Bonchev–Trinajstić information content (AvgIpc) is 2.64. The summed E-state index contributed by atoms with van der Waals surface area (Å²) in [5, 5.41) is 0. The SMILES string of the molecule is C=CCN1CCCC(C(C(=O)Oc2ccccc2)c2ccccc2)C1. The molecule has 1 saturated heterocycles. The minimum Gasteiger partial charge on any atom is -0.426 e. The molecular weight excluding hydrogens is 310 g/mol. The van der Waals surface area contributed by atoms with Crippen LogP contribution in [0.3, 0.4) is 0 Å². The van der Waals surface area contributed by atoms with Crippen LogP contribution >= 0.6 is 0 Å². The first kappa shape index (κ1) is 17.4. The van der Waals surface area contributed by atoms with E-state index in [2.05, 4.69) is 11.5 Å². The van der Waals surface area contributed by atoms with E-state index >= 15 is 0 Å². The van der Waals surface area contributed by atoms with Gasteiger partial charge in [0, 0.05) is 13.1 Å². The van der Waals surface area contributed by atoms with Crippen molar-refractivity contribution >= 4 is 5.97 Å². The number of nitrogens with zero attached hydrogens (tertiary/aromatic N) is 1. The Hall–Kier alpha value is -2.39. The molecular formula is C22H25NO2. The van der Waals surface area contributed by atoms with Crippen LogP contribution in [0.15, 0.2) is 73.3 Å². The lowest BCUT2D eigenvalue weighted by Gasteiger charge is -2.35. The standard InChI is InChI=1S/C22H25NO2/c1-2-15-23-16-9-12-19(17-23)21(18-10-5-3-6-11-18)22(24)25-20-13-7-4-8-14-20/h2-8,10-11,13-14,19,21H,1,9,12,15-17H2. The van der Waals surface area contributed by atoms with Crippen LogP contribution in [-0.2, 0) is 4.79 Å². The Bertz CT molecular complexity index is 684. The van der Waals surface area contributed by atoms with Gasteiger partial charge >= 0.3 is 5.97 Å². The first-order chi connectivity index (χ1) is 12.3. The highest BCUT2D eigenvalue weighted by atomic mass is 16.5. The zero-order valence-corrected chi connectivity index (χ0v) is 14.5. The van der Waals surface area contributed by atoms with Crippen LogP contribution in [0, 0.1) is 5.92 Å². The second-order valence-corrected chi connectivity index (χ2v) is 6.57. The van der Waals surface area contributed by atoms with E-state index in [9.17, 15) is 4.79 Å². The summed E-state index contributed by atoms with van der Waals surface area (Å²) in [5.74, 6) is 0.455. The molecule has 1 aliphatic heterocycles. The summed E-state index contributed by atoms with van der Waals surface area (Å²) in [4.78, 5) is 15.4. The van der Waals surface area contributed by atoms with Crippen LogP contribution in [0.5, 0.6) is 5.75 Å². The van der Waals surface area contributed by atoms with Crippen molar-refractivity contribution in [1.29, 1.82) is 0 Å². The van der Waals surface area contributed by atoms with Gasteiger partial charge in [0.2, 0.25) is 0 Å². The van der Waals surface area contributed by atoms with Gasteiger partial charge in [-0.05, 0) is 43.0 Å². The smallest absolute Gasteiger partial charge is 0.319 e. The number of piperidine rings is 1. The Morgan fingerprint density at radius 3 is 2.52 bits per heavy atom. The van der Waals surface area contributed by atoms with Crippen LogP contribution in [0.2, 0.25) is 0 Å². The number of benzene rings is 2. The lowest BCUT2D eigenvalue weighted by molar-refractivity contribution is -0.138. The molecule has 2 atom stereocenters. The molecule has 25 heavy (non-hydrogen) atoms. The normalized spacial score (nSPS) is 19.1. The van der Waals surface area contributed by atoms with Crippen molar-refractivity contribution in [2.45, 2.75) is 18.8 Å². The largest absolute Gasteiger partial charge is 0.426 e. The number of likely N-dealkylation sites (tertiary alicyclic amines) is 1. The van der Waals surface area contributed by atoms with E-state index in [0.717, 1.165) is 38.0 Å². The molecule has 3 heteroatoms. The molecule has 1 heterocycles. The van der Waals surface area contributed by atoms with Gasteiger partial charge in [-0.25, -0.2) is 0 Å². The van der Waals surface area contributed by atoms with Crippen LogP contribution < -0.4 is 4.74 Å². The van der Waals surface area contributed by atoms with Crippen molar-refractivity contribution in [2.75, 3.05) is 19.6 Å². The number of para-hydroxylation sites is 1. The molecule has 0 amide bonds. The fourth-order valence-electron chi connectivity index (χ4n) is 3.64. The predicted octanol–water partition coefficient (Wildman–Crippen LogP) is 4.27. The molecule has 0 aromatic heterocycles. The van der Waals surface area contributed by atoms with Gasteiger partial charge in [-0.15, -0.1) is 6.58 Å². The summed E-state index contributed by atoms with van der Waals surface area (Å²) in [6, 6.07) is 19.3. The number of hydrogen-bond donors (Lipinski definition) is 0. The lowest BCUT2D eigenvalue weighted by atomic mass is 9.81. The summed E-state index contributed by atoms with van der Waals surface area (Å²) in [5.41, 5.74) is 1.04. The van der Waals surface area contributed by atoms with Crippen LogP contribution in [0.4, 0.5) is 0 Å². The maximum Gasteiger partial charge on any atom is 0.319 e. The molecule has 0 N–H and O–H groups in total. The third kappa shape index (κ3) is 4.58. The van der Waals surface area contributed by atoms with E-state index in [4.69, 9.17) is 4.74 Å². The van der Waals surface area contributed by atoms with Gasteiger partial charge in [-0.2, -0.15) is 0 Å². The molecule has 0 bridgehead atoms. The third-order valence-corrected chi connectivity index (χ3v) is 4.77. The van der Waals surface area contributed by atoms with Gasteiger partial charge in [0.1, 0.15) is 5.75 Å². The topological polar surface area (TPSA) is 29.5 Å². The van der Waals surface area contributed by atoms with Gasteiger partial charge in [-0.3, -0.25) is 9.69 Å². The van der Waals surface area contributed by atoms with Gasteiger partial charge in [-0.1, -0.05) is 54.6 Å². The fourth-order valence-corrected chi connectivity index (χ4v) is 3.64. The Labute approximate surface area is 149 Å². The maximum atomic E-state index is 13.0. The third-order valence-electron chi connectivity index (χ3n) is 4.77. The summed E-state index contributed by atoms with van der Waals surface area (Å²) in [7, 11) is 0. The molecule has 2 aromatic rings. The first-order valence-electron chi connectivity index (χ1n) is 8.93. The van der Waals surface area contributed by atoms with E-state index < -0.39 is 0 Å². The number of esters is 1. The molecule has 3 nitrogen and oxygen atoms in total. The van der Waals surface area contributed by atoms with Gasteiger partial charge in [0.25, 0.3) is 0 Å². The molecule has 3 rings (SSSR count). The van der Waals surface area contributed by atoms with E-state index in [-0.39, 0.29) is 17.8 Å². The molecule has 130 valence electrons. The van der Waals surface area contributed by atoms with Crippen molar-refractivity contribution in [3.63, 3.8) is 0 Å². The van der Waals surface area contributed by atoms with Crippen molar-refractivity contribution in [2.24, 2.45) is 5.92 Å². The Balaban J connectivity index is 1.82. The van der Waals surface area contributed by atoms with Crippen molar-refractivity contribution < 1.29 is 9.53 Å². The summed E-state index contributed by atoms with van der Waals surface area (Å²) >= 11 is 0. The average molecular weight is 335 g/mol. The van der Waals surface area contributed by atoms with Crippen LogP contribution in [-0.4, -0.2) is 30.5 Å². The van der Waals surface area contributed by atoms with E-state index in [1.165, 1.54) is 0 Å². The number of ether oxygens (including phenoxy) is 1. The molecule has 2 aromatic carbocycles. The second kappa shape index (κ2) is 8.63. The number of hydrogen-bond acceptors (Lipinski definition) is 3. The molecule has 0 spiro atoms. The predicted molar refractivity (Wildman–Crippen MR) is 101 cm³/mol. The summed E-state index contributed by atoms with van der Waals surface area (Å²) in [6.45, 7) is 6.67. The quantitative estimate of drug-likeness (QED) is 0.448. The highest BCUT2D eigenvalue weighted by molar-refractivity contribution is 5.80. The first-order valence-corrected chi connectivity index (χ1v) is 8.93. The van der Waals surface area contributed by atoms with Crippen LogP contribution in [0.1, 0.15) is 24.3 Å². The molecule has 1 aliphatic rings. The summed E-state index contributed by atoms with van der Waals surface area (Å²) < 4.78 is 5.70. The van der Waals surface area contributed by atoms with Crippen molar-refractivity contribution in [3.8, 4) is 5.75 Å². The highest BCUT2D eigenvalue weighted by Crippen LogP contribution is 2.33. The van der Waals surface area contributed by atoms with Gasteiger partial charge in [0.05, 0.1) is 5.92 Å². The number of carbonyl (C=O) groups is 1. The molecule has 0 saturated carbocycles. The Morgan fingerprint density at radius 1 is 1.16 bits per heavy atom. The zero-order valence-electron chi connectivity index (χ0n) is 14.5. The van der Waals surface area contributed by atoms with Gasteiger partial charge in [0.15, 0.2) is 0 Å². The maximum absolute atomic E-state index is 13.0. The second-order valence-electron chi connectivity index (χ2n) is 6.57. The minimum atomic E-state index is -0.242. The Morgan fingerprint density at radius 2 is 1.84 bits per heavy atom. The van der Waals surface area contributed by atoms with E-state index in [1.807, 2.05) is 66.7 Å². The molecule has 2 unspecified atom stereocenters. The zero-order chi connectivity index (χ0) is 17.5. The number of rotatable bonds is 6. The number of carbonyl (C=O) groups excluding carboxylic acids is 1. The summed E-state index contributed by atoms with van der Waals surface area (Å²) in [6.07, 6.45) is 4.07.